The van der Waals surface area contributed by atoms with Crippen molar-refractivity contribution < 1.29 is 4.52 Å². The van der Waals surface area contributed by atoms with E-state index >= 15 is 0 Å². The van der Waals surface area contributed by atoms with Crippen LogP contribution in [0.1, 0.15) is 66.0 Å². The Hall–Kier alpha value is -3.18. The standard InChI is InChI=1S/C31H31ClN4O/c1-18-4-5-19(2)28-23(18)8-9-25(34-28)36-12-10-31(11-13-36)14-22(15-31)27-29(35-37-30(27)21-6-7-21)26-20(3)16-33-17-24(26)32/h4-5,8-9,14,16-17,21H,6-7,10-13,15H2,1-3H3. The normalized spacial score (nSPS) is 18.8. The Labute approximate surface area is 222 Å². The van der Waals surface area contributed by atoms with Crippen molar-refractivity contribution in [3.8, 4) is 11.3 Å². The van der Waals surface area contributed by atoms with Gasteiger partial charge in [-0.25, -0.2) is 4.98 Å². The van der Waals surface area contributed by atoms with Gasteiger partial charge in [-0.1, -0.05) is 35.0 Å². The van der Waals surface area contributed by atoms with Crippen LogP contribution in [0.4, 0.5) is 5.82 Å². The molecule has 0 unspecified atom stereocenters. The molecule has 188 valence electrons. The number of hydrogen-bond acceptors (Lipinski definition) is 5. The monoisotopic (exact) mass is 510 g/mol. The molecule has 1 saturated carbocycles. The van der Waals surface area contributed by atoms with Crippen molar-refractivity contribution in [1.82, 2.24) is 15.1 Å². The zero-order valence-corrected chi connectivity index (χ0v) is 22.4. The molecule has 1 aliphatic heterocycles. The first-order valence-corrected chi connectivity index (χ1v) is 13.7. The van der Waals surface area contributed by atoms with E-state index in [-0.39, 0.29) is 5.41 Å². The van der Waals surface area contributed by atoms with E-state index < -0.39 is 0 Å². The molecule has 0 bridgehead atoms. The molecule has 1 spiro atoms. The molecule has 2 fully saturated rings. The van der Waals surface area contributed by atoms with Gasteiger partial charge < -0.3 is 9.42 Å². The lowest BCUT2D eigenvalue weighted by Crippen LogP contribution is -2.42. The van der Waals surface area contributed by atoms with Crippen molar-refractivity contribution in [2.75, 3.05) is 18.0 Å². The van der Waals surface area contributed by atoms with Crippen molar-refractivity contribution in [3.63, 3.8) is 0 Å². The molecule has 1 aromatic carbocycles. The van der Waals surface area contributed by atoms with Crippen LogP contribution in [0.3, 0.4) is 0 Å². The highest BCUT2D eigenvalue weighted by atomic mass is 35.5. The van der Waals surface area contributed by atoms with Crippen molar-refractivity contribution in [1.29, 1.82) is 0 Å². The summed E-state index contributed by atoms with van der Waals surface area (Å²) < 4.78 is 5.96. The van der Waals surface area contributed by atoms with Crippen LogP contribution in [0.25, 0.3) is 27.7 Å². The molecule has 0 atom stereocenters. The number of halogens is 1. The van der Waals surface area contributed by atoms with E-state index in [0.717, 1.165) is 66.3 Å². The van der Waals surface area contributed by atoms with Gasteiger partial charge in [0.2, 0.25) is 0 Å². The molecule has 5 nitrogen and oxygen atoms in total. The quantitative estimate of drug-likeness (QED) is 0.280. The highest BCUT2D eigenvalue weighted by Gasteiger charge is 2.44. The van der Waals surface area contributed by atoms with Crippen LogP contribution < -0.4 is 4.90 Å². The van der Waals surface area contributed by atoms with Crippen molar-refractivity contribution in [3.05, 3.63) is 75.8 Å². The van der Waals surface area contributed by atoms with Gasteiger partial charge >= 0.3 is 0 Å². The second kappa shape index (κ2) is 8.42. The van der Waals surface area contributed by atoms with Gasteiger partial charge in [-0.3, -0.25) is 4.98 Å². The lowest BCUT2D eigenvalue weighted by molar-refractivity contribution is 0.277. The molecular weight excluding hydrogens is 480 g/mol. The zero-order valence-electron chi connectivity index (χ0n) is 21.6. The summed E-state index contributed by atoms with van der Waals surface area (Å²) in [4.78, 5) is 11.8. The minimum absolute atomic E-state index is 0.252. The number of allylic oxidation sites excluding steroid dienone is 2. The lowest BCUT2D eigenvalue weighted by Gasteiger charge is -2.46. The third-order valence-electron chi connectivity index (χ3n) is 8.68. The van der Waals surface area contributed by atoms with E-state index in [2.05, 4.69) is 59.2 Å². The fraction of sp³-hybridized carbons (Fsp3) is 0.387. The second-order valence-electron chi connectivity index (χ2n) is 11.3. The molecule has 4 aromatic rings. The van der Waals surface area contributed by atoms with E-state index in [4.69, 9.17) is 21.1 Å². The Morgan fingerprint density at radius 3 is 2.43 bits per heavy atom. The molecule has 37 heavy (non-hydrogen) atoms. The number of benzene rings is 1. The van der Waals surface area contributed by atoms with E-state index in [1.165, 1.54) is 40.5 Å². The number of aromatic nitrogens is 3. The average molecular weight is 511 g/mol. The maximum absolute atomic E-state index is 6.60. The van der Waals surface area contributed by atoms with Crippen LogP contribution >= 0.6 is 11.6 Å². The van der Waals surface area contributed by atoms with Crippen LogP contribution in [-0.2, 0) is 0 Å². The van der Waals surface area contributed by atoms with E-state index in [9.17, 15) is 0 Å². The molecule has 0 N–H and O–H groups in total. The highest BCUT2D eigenvalue weighted by molar-refractivity contribution is 6.33. The minimum atomic E-state index is 0.252. The van der Waals surface area contributed by atoms with E-state index in [0.29, 0.717) is 10.9 Å². The molecular formula is C31H31ClN4O. The summed E-state index contributed by atoms with van der Waals surface area (Å²) in [7, 11) is 0. The number of pyridine rings is 2. The topological polar surface area (TPSA) is 55.1 Å². The Morgan fingerprint density at radius 1 is 0.946 bits per heavy atom. The fourth-order valence-corrected chi connectivity index (χ4v) is 6.58. The van der Waals surface area contributed by atoms with Gasteiger partial charge in [0.25, 0.3) is 0 Å². The molecule has 6 heteroatoms. The van der Waals surface area contributed by atoms with Crippen LogP contribution in [0.15, 0.2) is 47.3 Å². The summed E-state index contributed by atoms with van der Waals surface area (Å²) in [6.45, 7) is 8.40. The van der Waals surface area contributed by atoms with Crippen LogP contribution in [-0.4, -0.2) is 28.2 Å². The number of rotatable bonds is 4. The van der Waals surface area contributed by atoms with Crippen LogP contribution in [0.2, 0.25) is 5.02 Å². The molecule has 4 heterocycles. The molecule has 2 aliphatic carbocycles. The largest absolute Gasteiger partial charge is 0.360 e. The molecule has 3 aromatic heterocycles. The smallest absolute Gasteiger partial charge is 0.147 e. The summed E-state index contributed by atoms with van der Waals surface area (Å²) in [5.74, 6) is 2.63. The zero-order chi connectivity index (χ0) is 25.3. The SMILES string of the molecule is Cc1cncc(Cl)c1-c1noc(C2CC2)c1C1=CC2(CCN(c3ccc4c(C)ccc(C)c4n3)CC2)C1. The van der Waals surface area contributed by atoms with Gasteiger partial charge in [-0.2, -0.15) is 0 Å². The Bertz CT molecular complexity index is 1550. The van der Waals surface area contributed by atoms with Crippen LogP contribution in [0, 0.1) is 26.2 Å². The second-order valence-corrected chi connectivity index (χ2v) is 11.7. The number of anilines is 1. The third kappa shape index (κ3) is 3.78. The fourth-order valence-electron chi connectivity index (χ4n) is 6.28. The van der Waals surface area contributed by atoms with E-state index in [1.54, 1.807) is 6.20 Å². The van der Waals surface area contributed by atoms with Crippen molar-refractivity contribution >= 4 is 33.9 Å². The third-order valence-corrected chi connectivity index (χ3v) is 8.97. The lowest BCUT2D eigenvalue weighted by atomic mass is 9.63. The molecule has 7 rings (SSSR count). The number of aryl methyl sites for hydroxylation is 3. The van der Waals surface area contributed by atoms with E-state index in [1.807, 2.05) is 13.1 Å². The molecule has 0 amide bonds. The highest BCUT2D eigenvalue weighted by Crippen LogP contribution is 2.56. The first kappa shape index (κ1) is 23.0. The van der Waals surface area contributed by atoms with Gasteiger partial charge in [-0.15, -0.1) is 0 Å². The van der Waals surface area contributed by atoms with Gasteiger partial charge in [0.05, 0.1) is 10.5 Å². The van der Waals surface area contributed by atoms with Crippen molar-refractivity contribution in [2.24, 2.45) is 5.41 Å². The Kier molecular flexibility index (Phi) is 5.23. The number of nitrogens with zero attached hydrogens (tertiary/aromatic N) is 4. The predicted octanol–water partition coefficient (Wildman–Crippen LogP) is 7.81. The minimum Gasteiger partial charge on any atom is -0.360 e. The van der Waals surface area contributed by atoms with Gasteiger partial charge in [0.1, 0.15) is 17.3 Å². The Morgan fingerprint density at radius 2 is 1.70 bits per heavy atom. The van der Waals surface area contributed by atoms with Gasteiger partial charge in [-0.05, 0) is 92.7 Å². The average Bonchev–Trinajstić information content (AvgIpc) is 3.64. The predicted molar refractivity (Wildman–Crippen MR) is 149 cm³/mol. The Balaban J connectivity index is 1.16. The summed E-state index contributed by atoms with van der Waals surface area (Å²) in [6.07, 6.45) is 11.8. The molecule has 3 aliphatic rings. The molecule has 1 saturated heterocycles. The van der Waals surface area contributed by atoms with Gasteiger partial charge in [0.15, 0.2) is 0 Å². The summed E-state index contributed by atoms with van der Waals surface area (Å²) in [5.41, 5.74) is 9.32. The summed E-state index contributed by atoms with van der Waals surface area (Å²) in [6, 6.07) is 8.80. The maximum Gasteiger partial charge on any atom is 0.147 e. The van der Waals surface area contributed by atoms with Crippen molar-refractivity contribution in [2.45, 2.75) is 58.8 Å². The maximum atomic E-state index is 6.60. The summed E-state index contributed by atoms with van der Waals surface area (Å²) >= 11 is 6.60. The summed E-state index contributed by atoms with van der Waals surface area (Å²) in [5, 5.41) is 6.44. The first-order valence-electron chi connectivity index (χ1n) is 13.4. The van der Waals surface area contributed by atoms with Crippen LogP contribution in [0.5, 0.6) is 0 Å². The number of hydrogen-bond donors (Lipinski definition) is 0. The number of fused-ring (bicyclic) bond motifs is 1. The first-order chi connectivity index (χ1) is 17.9. The number of piperidine rings is 1. The van der Waals surface area contributed by atoms with Gasteiger partial charge in [0, 0.05) is 47.9 Å². The molecule has 0 radical (unpaired) electrons.